The second-order valence-electron chi connectivity index (χ2n) is 5.67. The van der Waals surface area contributed by atoms with Crippen molar-refractivity contribution in [3.8, 4) is 0 Å². The van der Waals surface area contributed by atoms with E-state index in [9.17, 15) is 4.79 Å². The SMILES string of the molecule is CO[C@H]1CN(C(C)C)C[C@@H]1NC(=O)CCCn1cnnn1. The maximum atomic E-state index is 12.0. The van der Waals surface area contributed by atoms with Gasteiger partial charge in [-0.1, -0.05) is 0 Å². The highest BCUT2D eigenvalue weighted by molar-refractivity contribution is 5.76. The van der Waals surface area contributed by atoms with E-state index in [0.717, 1.165) is 19.5 Å². The average molecular weight is 296 g/mol. The molecular weight excluding hydrogens is 272 g/mol. The molecule has 1 amide bonds. The van der Waals surface area contributed by atoms with Gasteiger partial charge in [-0.3, -0.25) is 9.69 Å². The van der Waals surface area contributed by atoms with Crippen LogP contribution in [0.2, 0.25) is 0 Å². The minimum atomic E-state index is 0.0562. The van der Waals surface area contributed by atoms with Crippen molar-refractivity contribution in [3.63, 3.8) is 0 Å². The lowest BCUT2D eigenvalue weighted by Gasteiger charge is -2.20. The number of ether oxygens (including phenoxy) is 1. The van der Waals surface area contributed by atoms with Crippen molar-refractivity contribution in [3.05, 3.63) is 6.33 Å². The molecule has 1 aliphatic heterocycles. The Kier molecular flexibility index (Phi) is 5.63. The highest BCUT2D eigenvalue weighted by Gasteiger charge is 2.34. The van der Waals surface area contributed by atoms with E-state index in [4.69, 9.17) is 4.74 Å². The Labute approximate surface area is 124 Å². The quantitative estimate of drug-likeness (QED) is 0.742. The zero-order valence-corrected chi connectivity index (χ0v) is 12.9. The lowest BCUT2D eigenvalue weighted by Crippen LogP contribution is -2.43. The fourth-order valence-electron chi connectivity index (χ4n) is 2.57. The Hall–Kier alpha value is -1.54. The Morgan fingerprint density at radius 3 is 2.90 bits per heavy atom. The number of hydrogen-bond acceptors (Lipinski definition) is 6. The third-order valence-corrected chi connectivity index (χ3v) is 3.86. The molecule has 8 heteroatoms. The van der Waals surface area contributed by atoms with Crippen molar-refractivity contribution in [2.45, 2.75) is 51.4 Å². The van der Waals surface area contributed by atoms with Gasteiger partial charge in [0.05, 0.1) is 12.1 Å². The lowest BCUT2D eigenvalue weighted by atomic mass is 10.2. The highest BCUT2D eigenvalue weighted by atomic mass is 16.5. The zero-order chi connectivity index (χ0) is 15.2. The van der Waals surface area contributed by atoms with Gasteiger partial charge in [-0.15, -0.1) is 5.10 Å². The predicted octanol–water partition coefficient (Wildman–Crippen LogP) is -0.323. The fraction of sp³-hybridized carbons (Fsp3) is 0.846. The third-order valence-electron chi connectivity index (χ3n) is 3.86. The second-order valence-corrected chi connectivity index (χ2v) is 5.67. The first kappa shape index (κ1) is 15.8. The van der Waals surface area contributed by atoms with Gasteiger partial charge in [0.1, 0.15) is 6.33 Å². The second kappa shape index (κ2) is 7.46. The molecule has 118 valence electrons. The monoisotopic (exact) mass is 296 g/mol. The summed E-state index contributed by atoms with van der Waals surface area (Å²) in [5.41, 5.74) is 0. The first-order valence-electron chi connectivity index (χ1n) is 7.37. The van der Waals surface area contributed by atoms with Crippen LogP contribution >= 0.6 is 0 Å². The van der Waals surface area contributed by atoms with Crippen LogP contribution in [0.3, 0.4) is 0 Å². The maximum absolute atomic E-state index is 12.0. The van der Waals surface area contributed by atoms with E-state index in [1.165, 1.54) is 0 Å². The summed E-state index contributed by atoms with van der Waals surface area (Å²) in [6, 6.07) is 0.530. The topological polar surface area (TPSA) is 85.2 Å². The molecule has 1 aromatic heterocycles. The molecule has 2 heterocycles. The van der Waals surface area contributed by atoms with Crippen LogP contribution in [0.15, 0.2) is 6.33 Å². The van der Waals surface area contributed by atoms with E-state index < -0.39 is 0 Å². The normalized spacial score (nSPS) is 22.9. The standard InChI is InChI=1S/C13H24N6O2/c1-10(2)18-7-11(12(8-18)21-3)15-13(20)5-4-6-19-9-14-16-17-19/h9-12H,4-8H2,1-3H3,(H,15,20)/t11-,12-/m0/s1. The molecule has 0 radical (unpaired) electrons. The molecule has 8 nitrogen and oxygen atoms in total. The molecule has 1 aromatic rings. The summed E-state index contributed by atoms with van der Waals surface area (Å²) in [5.74, 6) is 0.0562. The summed E-state index contributed by atoms with van der Waals surface area (Å²) in [6.45, 7) is 6.67. The van der Waals surface area contributed by atoms with Gasteiger partial charge in [-0.2, -0.15) is 0 Å². The van der Waals surface area contributed by atoms with E-state index in [1.807, 2.05) is 0 Å². The number of hydrogen-bond donors (Lipinski definition) is 1. The molecular formula is C13H24N6O2. The number of carbonyl (C=O) groups excluding carboxylic acids is 1. The van der Waals surface area contributed by atoms with Gasteiger partial charge in [0, 0.05) is 39.2 Å². The van der Waals surface area contributed by atoms with Gasteiger partial charge in [0.25, 0.3) is 0 Å². The molecule has 1 saturated heterocycles. The van der Waals surface area contributed by atoms with Gasteiger partial charge in [0.15, 0.2) is 0 Å². The molecule has 1 fully saturated rings. The van der Waals surface area contributed by atoms with Gasteiger partial charge in [0.2, 0.25) is 5.91 Å². The van der Waals surface area contributed by atoms with Crippen molar-refractivity contribution in [1.29, 1.82) is 0 Å². The fourth-order valence-corrected chi connectivity index (χ4v) is 2.57. The maximum Gasteiger partial charge on any atom is 0.220 e. The van der Waals surface area contributed by atoms with Crippen molar-refractivity contribution < 1.29 is 9.53 Å². The average Bonchev–Trinajstić information content (AvgIpc) is 3.08. The van der Waals surface area contributed by atoms with E-state index >= 15 is 0 Å². The first-order valence-corrected chi connectivity index (χ1v) is 7.37. The summed E-state index contributed by atoms with van der Waals surface area (Å²) < 4.78 is 7.11. The van der Waals surface area contributed by atoms with Crippen LogP contribution in [0.25, 0.3) is 0 Å². The minimum absolute atomic E-state index is 0.0562. The van der Waals surface area contributed by atoms with Crippen LogP contribution in [0, 0.1) is 0 Å². The van der Waals surface area contributed by atoms with Gasteiger partial charge in [-0.25, -0.2) is 4.68 Å². The van der Waals surface area contributed by atoms with E-state index in [0.29, 0.717) is 19.0 Å². The molecule has 0 aromatic carbocycles. The number of carbonyl (C=O) groups is 1. The smallest absolute Gasteiger partial charge is 0.220 e. The molecule has 0 saturated carbocycles. The lowest BCUT2D eigenvalue weighted by molar-refractivity contribution is -0.122. The molecule has 2 rings (SSSR count). The minimum Gasteiger partial charge on any atom is -0.378 e. The number of nitrogens with zero attached hydrogens (tertiary/aromatic N) is 5. The zero-order valence-electron chi connectivity index (χ0n) is 12.9. The van der Waals surface area contributed by atoms with Crippen LogP contribution in [0.5, 0.6) is 0 Å². The molecule has 1 N–H and O–H groups in total. The summed E-state index contributed by atoms with van der Waals surface area (Å²) >= 11 is 0. The molecule has 0 bridgehead atoms. The largest absolute Gasteiger partial charge is 0.378 e. The Morgan fingerprint density at radius 2 is 2.29 bits per heavy atom. The van der Waals surface area contributed by atoms with Crippen LogP contribution in [0.4, 0.5) is 0 Å². The van der Waals surface area contributed by atoms with E-state index in [2.05, 4.69) is 39.6 Å². The predicted molar refractivity (Wildman–Crippen MR) is 76.5 cm³/mol. The number of likely N-dealkylation sites (tertiary alicyclic amines) is 1. The number of rotatable bonds is 7. The summed E-state index contributed by atoms with van der Waals surface area (Å²) in [6.07, 6.45) is 2.80. The van der Waals surface area contributed by atoms with E-state index in [-0.39, 0.29) is 18.1 Å². The number of methoxy groups -OCH3 is 1. The highest BCUT2D eigenvalue weighted by Crippen LogP contribution is 2.16. The molecule has 1 aliphatic rings. The number of nitrogens with one attached hydrogen (secondary N) is 1. The number of tetrazole rings is 1. The van der Waals surface area contributed by atoms with Gasteiger partial charge in [-0.05, 0) is 30.7 Å². The van der Waals surface area contributed by atoms with Gasteiger partial charge >= 0.3 is 0 Å². The Morgan fingerprint density at radius 1 is 1.48 bits per heavy atom. The van der Waals surface area contributed by atoms with Crippen molar-refractivity contribution in [2.24, 2.45) is 0 Å². The van der Waals surface area contributed by atoms with Crippen molar-refractivity contribution >= 4 is 5.91 Å². The molecule has 0 spiro atoms. The molecule has 2 atom stereocenters. The summed E-state index contributed by atoms with van der Waals surface area (Å²) in [7, 11) is 1.70. The van der Waals surface area contributed by atoms with E-state index in [1.54, 1.807) is 18.1 Å². The molecule has 0 unspecified atom stereocenters. The number of amides is 1. The number of aromatic nitrogens is 4. The van der Waals surface area contributed by atoms with Crippen molar-refractivity contribution in [1.82, 2.24) is 30.4 Å². The van der Waals surface area contributed by atoms with Crippen LogP contribution in [-0.4, -0.2) is 69.4 Å². The Bertz CT molecular complexity index is 436. The van der Waals surface area contributed by atoms with Gasteiger partial charge < -0.3 is 10.1 Å². The van der Waals surface area contributed by atoms with Crippen molar-refractivity contribution in [2.75, 3.05) is 20.2 Å². The third kappa shape index (κ3) is 4.47. The van der Waals surface area contributed by atoms with Crippen LogP contribution in [0.1, 0.15) is 26.7 Å². The van der Waals surface area contributed by atoms with Crippen LogP contribution < -0.4 is 5.32 Å². The Balaban J connectivity index is 1.73. The number of aryl methyl sites for hydroxylation is 1. The first-order chi connectivity index (χ1) is 10.1. The molecule has 21 heavy (non-hydrogen) atoms. The summed E-state index contributed by atoms with van der Waals surface area (Å²) in [4.78, 5) is 14.3. The summed E-state index contributed by atoms with van der Waals surface area (Å²) in [5, 5.41) is 14.0. The molecule has 0 aliphatic carbocycles. The van der Waals surface area contributed by atoms with Crippen LogP contribution in [-0.2, 0) is 16.1 Å².